The van der Waals surface area contributed by atoms with Gasteiger partial charge >= 0.3 is 0 Å². The highest BCUT2D eigenvalue weighted by Crippen LogP contribution is 2.26. The molecule has 6 heteroatoms. The second-order valence-electron chi connectivity index (χ2n) is 5.33. The maximum absolute atomic E-state index is 12.5. The van der Waals surface area contributed by atoms with Crippen molar-refractivity contribution in [2.45, 2.75) is 26.3 Å². The van der Waals surface area contributed by atoms with Gasteiger partial charge in [-0.3, -0.25) is 14.9 Å². The second kappa shape index (κ2) is 5.58. The minimum atomic E-state index is -0.500. The Hall–Kier alpha value is -1.95. The number of nitro benzene ring substituents is 1. The van der Waals surface area contributed by atoms with Gasteiger partial charge in [0.15, 0.2) is 0 Å². The van der Waals surface area contributed by atoms with Gasteiger partial charge in [-0.15, -0.1) is 0 Å². The number of likely N-dealkylation sites (tertiary alicyclic amines) is 1. The molecule has 0 bridgehead atoms. The zero-order valence-electron chi connectivity index (χ0n) is 11.6. The van der Waals surface area contributed by atoms with E-state index >= 15 is 0 Å². The van der Waals surface area contributed by atoms with Crippen LogP contribution in [-0.2, 0) is 0 Å². The van der Waals surface area contributed by atoms with Crippen LogP contribution in [0.3, 0.4) is 0 Å². The van der Waals surface area contributed by atoms with Crippen LogP contribution in [0.15, 0.2) is 18.2 Å². The molecule has 1 heterocycles. The SMILES string of the molecule is Cc1cc(C(=O)N2CCC(C)C2CO)cc([N+](=O)[O-])c1. The van der Waals surface area contributed by atoms with Gasteiger partial charge in [0.05, 0.1) is 17.6 Å². The molecule has 1 aliphatic heterocycles. The molecule has 1 saturated heterocycles. The molecule has 0 saturated carbocycles. The van der Waals surface area contributed by atoms with Crippen molar-refractivity contribution in [3.8, 4) is 0 Å². The van der Waals surface area contributed by atoms with Crippen LogP contribution in [0.2, 0.25) is 0 Å². The van der Waals surface area contributed by atoms with Gasteiger partial charge in [-0.05, 0) is 30.9 Å². The first-order chi connectivity index (χ1) is 9.43. The highest BCUT2D eigenvalue weighted by molar-refractivity contribution is 5.95. The average Bonchev–Trinajstić information content (AvgIpc) is 2.78. The fourth-order valence-corrected chi connectivity index (χ4v) is 2.70. The number of nitrogens with zero attached hydrogens (tertiary/aromatic N) is 2. The van der Waals surface area contributed by atoms with Crippen molar-refractivity contribution in [3.05, 3.63) is 39.4 Å². The quantitative estimate of drug-likeness (QED) is 0.674. The first kappa shape index (κ1) is 14.5. The molecule has 2 atom stereocenters. The van der Waals surface area contributed by atoms with Crippen LogP contribution in [0.25, 0.3) is 0 Å². The van der Waals surface area contributed by atoms with E-state index in [1.807, 2.05) is 6.92 Å². The molecule has 2 unspecified atom stereocenters. The Bertz CT molecular complexity index is 544. The van der Waals surface area contributed by atoms with Crippen molar-refractivity contribution in [2.24, 2.45) is 5.92 Å². The monoisotopic (exact) mass is 278 g/mol. The number of hydrogen-bond acceptors (Lipinski definition) is 4. The van der Waals surface area contributed by atoms with Crippen molar-refractivity contribution in [1.82, 2.24) is 4.90 Å². The Kier molecular flexibility index (Phi) is 4.04. The van der Waals surface area contributed by atoms with Gasteiger partial charge in [-0.25, -0.2) is 0 Å². The average molecular weight is 278 g/mol. The predicted octanol–water partition coefficient (Wildman–Crippen LogP) is 1.75. The topological polar surface area (TPSA) is 83.7 Å². The molecule has 1 fully saturated rings. The molecular weight excluding hydrogens is 260 g/mol. The van der Waals surface area contributed by atoms with E-state index in [9.17, 15) is 20.0 Å². The summed E-state index contributed by atoms with van der Waals surface area (Å²) in [7, 11) is 0. The van der Waals surface area contributed by atoms with E-state index in [4.69, 9.17) is 0 Å². The minimum Gasteiger partial charge on any atom is -0.394 e. The van der Waals surface area contributed by atoms with Crippen molar-refractivity contribution >= 4 is 11.6 Å². The van der Waals surface area contributed by atoms with E-state index in [1.54, 1.807) is 17.9 Å². The summed E-state index contributed by atoms with van der Waals surface area (Å²) in [5, 5.41) is 20.3. The standard InChI is InChI=1S/C14H18N2O4/c1-9-5-11(7-12(6-9)16(19)20)14(18)15-4-3-10(2)13(15)8-17/h5-7,10,13,17H,3-4,8H2,1-2H3. The molecule has 0 aliphatic carbocycles. The third-order valence-corrected chi connectivity index (χ3v) is 3.85. The maximum atomic E-state index is 12.5. The van der Waals surface area contributed by atoms with Crippen LogP contribution in [0.5, 0.6) is 0 Å². The van der Waals surface area contributed by atoms with E-state index in [0.717, 1.165) is 6.42 Å². The number of hydrogen-bond donors (Lipinski definition) is 1. The number of nitro groups is 1. The van der Waals surface area contributed by atoms with Crippen LogP contribution >= 0.6 is 0 Å². The van der Waals surface area contributed by atoms with Crippen LogP contribution in [0.1, 0.15) is 29.3 Å². The van der Waals surface area contributed by atoms with Gasteiger partial charge in [-0.2, -0.15) is 0 Å². The summed E-state index contributed by atoms with van der Waals surface area (Å²) >= 11 is 0. The number of rotatable bonds is 3. The summed E-state index contributed by atoms with van der Waals surface area (Å²) < 4.78 is 0. The van der Waals surface area contributed by atoms with Gasteiger partial charge in [-0.1, -0.05) is 6.92 Å². The largest absolute Gasteiger partial charge is 0.394 e. The Balaban J connectivity index is 2.32. The summed E-state index contributed by atoms with van der Waals surface area (Å²) in [4.78, 5) is 24.5. The number of carbonyl (C=O) groups is 1. The number of aliphatic hydroxyl groups excluding tert-OH is 1. The van der Waals surface area contributed by atoms with Crippen molar-refractivity contribution in [3.63, 3.8) is 0 Å². The Morgan fingerprint density at radius 3 is 2.80 bits per heavy atom. The first-order valence-electron chi connectivity index (χ1n) is 6.62. The molecule has 6 nitrogen and oxygen atoms in total. The molecule has 108 valence electrons. The number of benzene rings is 1. The lowest BCUT2D eigenvalue weighted by atomic mass is 10.0. The number of aryl methyl sites for hydroxylation is 1. The van der Waals surface area contributed by atoms with Crippen molar-refractivity contribution in [1.29, 1.82) is 0 Å². The lowest BCUT2D eigenvalue weighted by molar-refractivity contribution is -0.384. The van der Waals surface area contributed by atoms with Crippen LogP contribution < -0.4 is 0 Å². The highest BCUT2D eigenvalue weighted by Gasteiger charge is 2.34. The van der Waals surface area contributed by atoms with Gasteiger partial charge in [0, 0.05) is 24.2 Å². The third-order valence-electron chi connectivity index (χ3n) is 3.85. The summed E-state index contributed by atoms with van der Waals surface area (Å²) in [6.07, 6.45) is 0.838. The summed E-state index contributed by atoms with van der Waals surface area (Å²) in [5.74, 6) is -0.0102. The van der Waals surface area contributed by atoms with Gasteiger partial charge in [0.25, 0.3) is 11.6 Å². The molecule has 1 aromatic rings. The minimum absolute atomic E-state index is 0.0823. The molecular formula is C14H18N2O4. The van der Waals surface area contributed by atoms with E-state index in [2.05, 4.69) is 0 Å². The second-order valence-corrected chi connectivity index (χ2v) is 5.33. The van der Waals surface area contributed by atoms with E-state index in [0.29, 0.717) is 17.7 Å². The normalized spacial score (nSPS) is 22.1. The molecule has 1 N–H and O–H groups in total. The van der Waals surface area contributed by atoms with Gasteiger partial charge < -0.3 is 10.0 Å². The van der Waals surface area contributed by atoms with Crippen LogP contribution in [0.4, 0.5) is 5.69 Å². The molecule has 0 aromatic heterocycles. The maximum Gasteiger partial charge on any atom is 0.270 e. The summed E-state index contributed by atoms with van der Waals surface area (Å²) in [5.41, 5.74) is 0.903. The fourth-order valence-electron chi connectivity index (χ4n) is 2.70. The van der Waals surface area contributed by atoms with E-state index < -0.39 is 4.92 Å². The number of carbonyl (C=O) groups excluding carboxylic acids is 1. The molecule has 20 heavy (non-hydrogen) atoms. The summed E-state index contributed by atoms with van der Waals surface area (Å²) in [6.45, 7) is 4.21. The summed E-state index contributed by atoms with van der Waals surface area (Å²) in [6, 6.07) is 4.17. The number of non-ortho nitro benzene ring substituents is 1. The molecule has 2 rings (SSSR count). The van der Waals surface area contributed by atoms with E-state index in [1.165, 1.54) is 12.1 Å². The van der Waals surface area contributed by atoms with Crippen molar-refractivity contribution in [2.75, 3.05) is 13.2 Å². The van der Waals surface area contributed by atoms with Crippen LogP contribution in [0, 0.1) is 23.0 Å². The lowest BCUT2D eigenvalue weighted by Crippen LogP contribution is -2.39. The Morgan fingerprint density at radius 2 is 2.20 bits per heavy atom. The highest BCUT2D eigenvalue weighted by atomic mass is 16.6. The number of amides is 1. The lowest BCUT2D eigenvalue weighted by Gasteiger charge is -2.25. The van der Waals surface area contributed by atoms with Gasteiger partial charge in [0.2, 0.25) is 0 Å². The third kappa shape index (κ3) is 2.65. The smallest absolute Gasteiger partial charge is 0.270 e. The van der Waals surface area contributed by atoms with E-state index in [-0.39, 0.29) is 30.2 Å². The Morgan fingerprint density at radius 1 is 1.50 bits per heavy atom. The predicted molar refractivity (Wildman–Crippen MR) is 73.5 cm³/mol. The molecule has 0 spiro atoms. The Labute approximate surface area is 117 Å². The van der Waals surface area contributed by atoms with Gasteiger partial charge in [0.1, 0.15) is 0 Å². The number of aliphatic hydroxyl groups is 1. The first-order valence-corrected chi connectivity index (χ1v) is 6.62. The molecule has 1 aliphatic rings. The molecule has 0 radical (unpaired) electrons. The fraction of sp³-hybridized carbons (Fsp3) is 0.500. The molecule has 1 amide bonds. The molecule has 1 aromatic carbocycles. The zero-order chi connectivity index (χ0) is 14.9. The van der Waals surface area contributed by atoms with Crippen molar-refractivity contribution < 1.29 is 14.8 Å². The zero-order valence-corrected chi connectivity index (χ0v) is 11.6. The van der Waals surface area contributed by atoms with Crippen LogP contribution in [-0.4, -0.2) is 40.0 Å².